The molecule has 4 saturated carbocycles. The highest BCUT2D eigenvalue weighted by Gasteiger charge is 2.51. The minimum Gasteiger partial charge on any atom is -0.369 e. The topological polar surface area (TPSA) is 77.5 Å². The molecule has 5 rings (SSSR count). The number of hydrogen-bond donors (Lipinski definition) is 4. The molecular weight excluding hydrogens is 433 g/mol. The molecule has 0 saturated heterocycles. The van der Waals surface area contributed by atoms with E-state index in [0.29, 0.717) is 17.1 Å². The molecule has 1 amide bonds. The number of aliphatic imine (C=N–C) groups is 1. The maximum atomic E-state index is 13.2. The number of likely N-dealkylation sites (N-methyl/N-ethyl adjacent to an activating group) is 1. The third-order valence-electron chi connectivity index (χ3n) is 7.01. The monoisotopic (exact) mass is 465 g/mol. The van der Waals surface area contributed by atoms with Crippen molar-refractivity contribution in [1.82, 2.24) is 21.3 Å². The molecule has 4 N–H and O–H groups in total. The average Bonchev–Trinajstić information content (AvgIpc) is 2.64. The first-order valence-electron chi connectivity index (χ1n) is 10.3. The zero-order chi connectivity index (χ0) is 18.9. The standard InChI is InChI=1S/C20H32ClN5O.2ClH/c1-22-2-3-23-12-20(13-24-17(21)10-26-20)18(27)25-11-19-7-14-4-15(8-19)6-16(5-14)9-19;;/h10,13-16,22-23,26H,2-9,11-12H2,1H3,(H,25,27);2*1H. The van der Waals surface area contributed by atoms with Crippen molar-refractivity contribution in [2.75, 3.05) is 33.2 Å². The van der Waals surface area contributed by atoms with Crippen LogP contribution in [0.4, 0.5) is 0 Å². The molecule has 4 bridgehead atoms. The number of halogens is 3. The van der Waals surface area contributed by atoms with Gasteiger partial charge in [-0.15, -0.1) is 24.8 Å². The van der Waals surface area contributed by atoms with Crippen molar-refractivity contribution in [2.45, 2.75) is 44.1 Å². The fraction of sp³-hybridized carbons (Fsp3) is 0.800. The van der Waals surface area contributed by atoms with E-state index in [1.807, 2.05) is 7.05 Å². The Morgan fingerprint density at radius 2 is 1.76 bits per heavy atom. The first kappa shape index (κ1) is 24.7. The number of nitrogens with one attached hydrogen (secondary N) is 4. The van der Waals surface area contributed by atoms with E-state index in [-0.39, 0.29) is 30.7 Å². The van der Waals surface area contributed by atoms with Gasteiger partial charge in [0.05, 0.1) is 0 Å². The van der Waals surface area contributed by atoms with Gasteiger partial charge < -0.3 is 21.3 Å². The van der Waals surface area contributed by atoms with E-state index >= 15 is 0 Å². The van der Waals surface area contributed by atoms with Crippen LogP contribution in [-0.4, -0.2) is 50.9 Å². The molecule has 29 heavy (non-hydrogen) atoms. The van der Waals surface area contributed by atoms with Gasteiger partial charge in [-0.1, -0.05) is 11.6 Å². The molecule has 0 radical (unpaired) electrons. The van der Waals surface area contributed by atoms with Crippen LogP contribution in [0, 0.1) is 23.2 Å². The molecule has 6 nitrogen and oxygen atoms in total. The number of amides is 1. The van der Waals surface area contributed by atoms with Crippen LogP contribution in [0.25, 0.3) is 0 Å². The van der Waals surface area contributed by atoms with Crippen molar-refractivity contribution in [3.05, 3.63) is 11.4 Å². The first-order chi connectivity index (χ1) is 13.0. The van der Waals surface area contributed by atoms with E-state index in [1.54, 1.807) is 12.4 Å². The number of hydrogen-bond acceptors (Lipinski definition) is 5. The molecule has 166 valence electrons. The van der Waals surface area contributed by atoms with Gasteiger partial charge in [-0.05, 0) is 68.7 Å². The lowest BCUT2D eigenvalue weighted by atomic mass is 9.49. The Bertz CT molecular complexity index is 606. The average molecular weight is 467 g/mol. The molecule has 1 aliphatic heterocycles. The minimum atomic E-state index is -0.881. The number of rotatable bonds is 8. The summed E-state index contributed by atoms with van der Waals surface area (Å²) >= 11 is 5.96. The van der Waals surface area contributed by atoms with E-state index in [1.165, 1.54) is 38.5 Å². The summed E-state index contributed by atoms with van der Waals surface area (Å²) in [6.45, 7) is 2.90. The number of nitrogens with zero attached hydrogens (tertiary/aromatic N) is 1. The lowest BCUT2D eigenvalue weighted by Gasteiger charge is -2.57. The van der Waals surface area contributed by atoms with Crippen LogP contribution in [0.2, 0.25) is 0 Å². The molecule has 0 spiro atoms. The largest absolute Gasteiger partial charge is 0.369 e. The van der Waals surface area contributed by atoms with E-state index in [2.05, 4.69) is 26.3 Å². The van der Waals surface area contributed by atoms with Gasteiger partial charge in [0.2, 0.25) is 0 Å². The maximum absolute atomic E-state index is 13.2. The molecule has 0 aromatic carbocycles. The van der Waals surface area contributed by atoms with Crippen LogP contribution in [0.15, 0.2) is 16.3 Å². The summed E-state index contributed by atoms with van der Waals surface area (Å²) < 4.78 is 0. The molecule has 9 heteroatoms. The van der Waals surface area contributed by atoms with Crippen molar-refractivity contribution in [2.24, 2.45) is 28.2 Å². The normalized spacial score (nSPS) is 36.5. The van der Waals surface area contributed by atoms with Gasteiger partial charge in [0, 0.05) is 38.6 Å². The van der Waals surface area contributed by atoms with Crippen LogP contribution >= 0.6 is 36.4 Å². The van der Waals surface area contributed by atoms with Crippen LogP contribution in [-0.2, 0) is 4.79 Å². The lowest BCUT2D eigenvalue weighted by molar-refractivity contribution is -0.126. The van der Waals surface area contributed by atoms with Crippen LogP contribution < -0.4 is 21.3 Å². The molecule has 1 heterocycles. The van der Waals surface area contributed by atoms with Crippen molar-refractivity contribution < 1.29 is 4.79 Å². The number of carbonyl (C=O) groups excluding carboxylic acids is 1. The van der Waals surface area contributed by atoms with Crippen molar-refractivity contribution in [3.63, 3.8) is 0 Å². The molecule has 1 unspecified atom stereocenters. The van der Waals surface area contributed by atoms with Gasteiger partial charge in [0.1, 0.15) is 5.16 Å². The van der Waals surface area contributed by atoms with E-state index in [9.17, 15) is 4.79 Å². The minimum absolute atomic E-state index is 0. The van der Waals surface area contributed by atoms with E-state index in [4.69, 9.17) is 11.6 Å². The zero-order valence-corrected chi connectivity index (χ0v) is 19.4. The molecule has 4 fully saturated rings. The zero-order valence-electron chi connectivity index (χ0n) is 17.0. The molecular formula is C20H34Cl3N5O. The van der Waals surface area contributed by atoms with Gasteiger partial charge in [0.15, 0.2) is 5.54 Å². The fourth-order valence-electron chi connectivity index (χ4n) is 6.17. The Morgan fingerprint density at radius 1 is 1.14 bits per heavy atom. The second kappa shape index (κ2) is 10.2. The van der Waals surface area contributed by atoms with Crippen molar-refractivity contribution >= 4 is 48.5 Å². The van der Waals surface area contributed by atoms with Crippen molar-refractivity contribution in [1.29, 1.82) is 0 Å². The summed E-state index contributed by atoms with van der Waals surface area (Å²) in [6, 6.07) is 0. The second-order valence-electron chi connectivity index (χ2n) is 9.22. The van der Waals surface area contributed by atoms with Gasteiger partial charge in [-0.3, -0.25) is 4.79 Å². The Labute approximate surface area is 191 Å². The van der Waals surface area contributed by atoms with E-state index in [0.717, 1.165) is 37.4 Å². The maximum Gasteiger partial charge on any atom is 0.252 e. The third kappa shape index (κ3) is 5.40. The summed E-state index contributed by atoms with van der Waals surface area (Å²) in [6.07, 6.45) is 11.4. The predicted molar refractivity (Wildman–Crippen MR) is 123 cm³/mol. The second-order valence-corrected chi connectivity index (χ2v) is 9.61. The summed E-state index contributed by atoms with van der Waals surface area (Å²) in [4.78, 5) is 17.4. The Balaban J connectivity index is 0.00000150. The van der Waals surface area contributed by atoms with Crippen LogP contribution in [0.5, 0.6) is 0 Å². The van der Waals surface area contributed by atoms with E-state index < -0.39 is 5.54 Å². The molecule has 4 aliphatic carbocycles. The smallest absolute Gasteiger partial charge is 0.252 e. The Kier molecular flexibility index (Phi) is 8.69. The van der Waals surface area contributed by atoms with Crippen LogP contribution in [0.3, 0.4) is 0 Å². The lowest BCUT2D eigenvalue weighted by Crippen LogP contribution is -2.64. The first-order valence-corrected chi connectivity index (χ1v) is 10.7. The summed E-state index contributed by atoms with van der Waals surface area (Å²) in [5.41, 5.74) is -0.557. The summed E-state index contributed by atoms with van der Waals surface area (Å²) in [7, 11) is 1.92. The van der Waals surface area contributed by atoms with Gasteiger partial charge in [-0.2, -0.15) is 0 Å². The van der Waals surface area contributed by atoms with Gasteiger partial charge in [-0.25, -0.2) is 4.99 Å². The summed E-state index contributed by atoms with van der Waals surface area (Å²) in [5.74, 6) is 2.66. The highest BCUT2D eigenvalue weighted by Crippen LogP contribution is 2.59. The molecule has 1 atom stereocenters. The quantitative estimate of drug-likeness (QED) is 0.327. The van der Waals surface area contributed by atoms with Crippen molar-refractivity contribution in [3.8, 4) is 0 Å². The fourth-order valence-corrected chi connectivity index (χ4v) is 6.27. The molecule has 0 aromatic rings. The highest BCUT2D eigenvalue weighted by atomic mass is 35.5. The molecule has 0 aromatic heterocycles. The highest BCUT2D eigenvalue weighted by molar-refractivity contribution is 6.30. The van der Waals surface area contributed by atoms with Gasteiger partial charge >= 0.3 is 0 Å². The third-order valence-corrected chi connectivity index (χ3v) is 7.21. The molecule has 5 aliphatic rings. The van der Waals surface area contributed by atoms with Gasteiger partial charge in [0.25, 0.3) is 5.91 Å². The number of carbonyl (C=O) groups is 1. The summed E-state index contributed by atoms with van der Waals surface area (Å²) in [5, 5.41) is 13.3. The SMILES string of the molecule is CNCCNCC1(C(=O)NCC23CC4CC(CC(C4)C2)C3)C=NC(Cl)=CN1.Cl.Cl. The Hall–Kier alpha value is -0.530. The van der Waals surface area contributed by atoms with Crippen LogP contribution in [0.1, 0.15) is 38.5 Å². The Morgan fingerprint density at radius 3 is 2.28 bits per heavy atom. The predicted octanol–water partition coefficient (Wildman–Crippen LogP) is 2.42.